The zero-order chi connectivity index (χ0) is 13.7. The Balaban J connectivity index is 3.13. The Kier molecular flexibility index (Phi) is 4.71. The number of guanidine groups is 1. The van der Waals surface area contributed by atoms with Gasteiger partial charge in [0.15, 0.2) is 0 Å². The molecule has 0 spiro atoms. The van der Waals surface area contributed by atoms with Crippen LogP contribution in [0.2, 0.25) is 0 Å². The van der Waals surface area contributed by atoms with Gasteiger partial charge in [-0.1, -0.05) is 32.0 Å². The van der Waals surface area contributed by atoms with E-state index in [4.69, 9.17) is 11.1 Å². The molecule has 0 bridgehead atoms. The molecule has 18 heavy (non-hydrogen) atoms. The Morgan fingerprint density at radius 3 is 2.22 bits per heavy atom. The Morgan fingerprint density at radius 2 is 1.83 bits per heavy atom. The summed E-state index contributed by atoms with van der Waals surface area (Å²) in [7, 11) is 1.76. The first-order valence-electron chi connectivity index (χ1n) is 6.00. The molecule has 0 heterocycles. The van der Waals surface area contributed by atoms with Crippen LogP contribution in [-0.2, 0) is 12.8 Å². The highest BCUT2D eigenvalue weighted by Crippen LogP contribution is 2.25. The molecule has 0 aromatic heterocycles. The van der Waals surface area contributed by atoms with Crippen LogP contribution in [0, 0.1) is 5.41 Å². The maximum absolute atomic E-state index is 10.8. The third-order valence-corrected chi connectivity index (χ3v) is 2.88. The average Bonchev–Trinajstić information content (AvgIpc) is 2.35. The number of benzene rings is 1. The molecule has 0 fully saturated rings. The Bertz CT molecular complexity index is 434. The summed E-state index contributed by atoms with van der Waals surface area (Å²) in [6.45, 7) is 4.13. The Morgan fingerprint density at radius 1 is 1.33 bits per heavy atom. The van der Waals surface area contributed by atoms with E-state index in [0.29, 0.717) is 0 Å². The maximum Gasteiger partial charge on any atom is 0.318 e. The molecule has 0 aliphatic rings. The molecule has 1 aromatic rings. The normalized spacial score (nSPS) is 9.94. The number of primary amides is 1. The SMILES string of the molecule is CCc1cccc(CC)c1N(C)C(=N)NC(N)=O. The summed E-state index contributed by atoms with van der Waals surface area (Å²) in [5.41, 5.74) is 8.30. The molecule has 0 saturated heterocycles. The average molecular weight is 248 g/mol. The molecule has 4 N–H and O–H groups in total. The highest BCUT2D eigenvalue weighted by Gasteiger charge is 2.15. The van der Waals surface area contributed by atoms with Crippen molar-refractivity contribution in [2.45, 2.75) is 26.7 Å². The van der Waals surface area contributed by atoms with E-state index in [-0.39, 0.29) is 5.96 Å². The number of urea groups is 1. The zero-order valence-corrected chi connectivity index (χ0v) is 11.1. The van der Waals surface area contributed by atoms with E-state index in [0.717, 1.165) is 29.7 Å². The molecule has 1 rings (SSSR count). The molecule has 0 unspecified atom stereocenters. The molecule has 98 valence electrons. The molecule has 0 atom stereocenters. The van der Waals surface area contributed by atoms with Crippen LogP contribution in [0.1, 0.15) is 25.0 Å². The van der Waals surface area contributed by atoms with Gasteiger partial charge in [0, 0.05) is 12.7 Å². The van der Waals surface area contributed by atoms with Crippen molar-refractivity contribution in [2.75, 3.05) is 11.9 Å². The number of carbonyl (C=O) groups excluding carboxylic acids is 1. The fourth-order valence-electron chi connectivity index (χ4n) is 1.96. The van der Waals surface area contributed by atoms with Crippen LogP contribution >= 0.6 is 0 Å². The van der Waals surface area contributed by atoms with Gasteiger partial charge in [0.05, 0.1) is 0 Å². The third kappa shape index (κ3) is 3.00. The summed E-state index contributed by atoms with van der Waals surface area (Å²) in [4.78, 5) is 12.5. The minimum absolute atomic E-state index is 0.0156. The van der Waals surface area contributed by atoms with Gasteiger partial charge >= 0.3 is 6.03 Å². The van der Waals surface area contributed by atoms with Gasteiger partial charge in [-0.3, -0.25) is 10.7 Å². The van der Waals surface area contributed by atoms with Crippen LogP contribution in [0.3, 0.4) is 0 Å². The Labute approximate surface area is 107 Å². The number of rotatable bonds is 3. The number of carbonyl (C=O) groups is 1. The van der Waals surface area contributed by atoms with E-state index in [1.54, 1.807) is 11.9 Å². The second-order valence-electron chi connectivity index (χ2n) is 4.03. The number of hydrogen-bond donors (Lipinski definition) is 3. The van der Waals surface area contributed by atoms with Crippen LogP contribution in [0.5, 0.6) is 0 Å². The molecule has 0 saturated carbocycles. The molecule has 0 aliphatic heterocycles. The van der Waals surface area contributed by atoms with E-state index in [9.17, 15) is 4.79 Å². The number of anilines is 1. The van der Waals surface area contributed by atoms with Crippen LogP contribution in [-0.4, -0.2) is 19.0 Å². The van der Waals surface area contributed by atoms with Crippen molar-refractivity contribution in [3.63, 3.8) is 0 Å². The molecule has 5 nitrogen and oxygen atoms in total. The predicted molar refractivity (Wildman–Crippen MR) is 74.0 cm³/mol. The van der Waals surface area contributed by atoms with Crippen LogP contribution in [0.4, 0.5) is 10.5 Å². The number of hydrogen-bond acceptors (Lipinski definition) is 2. The highest BCUT2D eigenvalue weighted by atomic mass is 16.2. The van der Waals surface area contributed by atoms with E-state index < -0.39 is 6.03 Å². The lowest BCUT2D eigenvalue weighted by atomic mass is 10.0. The fraction of sp³-hybridized carbons (Fsp3) is 0.385. The van der Waals surface area contributed by atoms with Crippen molar-refractivity contribution in [1.82, 2.24) is 5.32 Å². The lowest BCUT2D eigenvalue weighted by Crippen LogP contribution is -2.44. The van der Waals surface area contributed by atoms with Crippen LogP contribution in [0.15, 0.2) is 18.2 Å². The van der Waals surface area contributed by atoms with Crippen molar-refractivity contribution in [2.24, 2.45) is 5.73 Å². The fourth-order valence-corrected chi connectivity index (χ4v) is 1.96. The first kappa shape index (κ1) is 14.0. The quantitative estimate of drug-likeness (QED) is 0.563. The summed E-state index contributed by atoms with van der Waals surface area (Å²) in [5.74, 6) is -0.0156. The number of nitrogens with one attached hydrogen (secondary N) is 2. The van der Waals surface area contributed by atoms with Gasteiger partial charge in [-0.15, -0.1) is 0 Å². The monoisotopic (exact) mass is 248 g/mol. The minimum atomic E-state index is -0.723. The number of nitrogens with zero attached hydrogens (tertiary/aromatic N) is 1. The summed E-state index contributed by atoms with van der Waals surface area (Å²) < 4.78 is 0. The van der Waals surface area contributed by atoms with E-state index in [1.165, 1.54) is 0 Å². The van der Waals surface area contributed by atoms with Gasteiger partial charge in [-0.2, -0.15) is 0 Å². The largest absolute Gasteiger partial charge is 0.351 e. The molecule has 2 amide bonds. The Hall–Kier alpha value is -2.04. The van der Waals surface area contributed by atoms with Gasteiger partial charge < -0.3 is 10.6 Å². The van der Waals surface area contributed by atoms with E-state index in [1.807, 2.05) is 18.2 Å². The standard InChI is InChI=1S/C13H20N4O/c1-4-9-7-6-8-10(5-2)11(9)17(3)12(14)16-13(15)18/h6-8H,4-5H2,1-3H3,(H4,14,15,16,18). The van der Waals surface area contributed by atoms with Crippen molar-refractivity contribution in [3.8, 4) is 0 Å². The van der Waals surface area contributed by atoms with Gasteiger partial charge in [-0.25, -0.2) is 4.79 Å². The second-order valence-corrected chi connectivity index (χ2v) is 4.03. The molecule has 0 aliphatic carbocycles. The number of aryl methyl sites for hydroxylation is 2. The molecule has 0 radical (unpaired) electrons. The molecule has 1 aromatic carbocycles. The number of para-hydroxylation sites is 1. The third-order valence-electron chi connectivity index (χ3n) is 2.88. The summed E-state index contributed by atoms with van der Waals surface area (Å²) in [5, 5.41) is 10.1. The lowest BCUT2D eigenvalue weighted by Gasteiger charge is -2.25. The van der Waals surface area contributed by atoms with E-state index in [2.05, 4.69) is 19.2 Å². The first-order valence-corrected chi connectivity index (χ1v) is 6.00. The van der Waals surface area contributed by atoms with Crippen molar-refractivity contribution >= 4 is 17.7 Å². The molecule has 5 heteroatoms. The summed E-state index contributed by atoms with van der Waals surface area (Å²) in [6, 6.07) is 5.35. The minimum Gasteiger partial charge on any atom is -0.351 e. The van der Waals surface area contributed by atoms with Gasteiger partial charge in [0.1, 0.15) is 0 Å². The predicted octanol–water partition coefficient (Wildman–Crippen LogP) is 1.85. The first-order chi connectivity index (χ1) is 8.51. The van der Waals surface area contributed by atoms with Gasteiger partial charge in [0.25, 0.3) is 0 Å². The van der Waals surface area contributed by atoms with Crippen molar-refractivity contribution in [1.29, 1.82) is 5.41 Å². The van der Waals surface area contributed by atoms with E-state index >= 15 is 0 Å². The highest BCUT2D eigenvalue weighted by molar-refractivity contribution is 6.03. The summed E-state index contributed by atoms with van der Waals surface area (Å²) >= 11 is 0. The number of nitrogens with two attached hydrogens (primary N) is 1. The smallest absolute Gasteiger partial charge is 0.318 e. The lowest BCUT2D eigenvalue weighted by molar-refractivity contribution is 0.253. The van der Waals surface area contributed by atoms with Crippen LogP contribution in [0.25, 0.3) is 0 Å². The van der Waals surface area contributed by atoms with Crippen LogP contribution < -0.4 is 16.0 Å². The second kappa shape index (κ2) is 6.05. The topological polar surface area (TPSA) is 82.2 Å². The maximum atomic E-state index is 10.8. The zero-order valence-electron chi connectivity index (χ0n) is 11.1. The van der Waals surface area contributed by atoms with Crippen molar-refractivity contribution in [3.05, 3.63) is 29.3 Å². The van der Waals surface area contributed by atoms with Gasteiger partial charge in [-0.05, 0) is 24.0 Å². The van der Waals surface area contributed by atoms with Gasteiger partial charge in [0.2, 0.25) is 5.96 Å². The number of amides is 2. The van der Waals surface area contributed by atoms with Crippen molar-refractivity contribution < 1.29 is 4.79 Å². The molecular weight excluding hydrogens is 228 g/mol. The molecular formula is C13H20N4O. The summed E-state index contributed by atoms with van der Waals surface area (Å²) in [6.07, 6.45) is 1.74.